The van der Waals surface area contributed by atoms with Crippen molar-refractivity contribution in [2.24, 2.45) is 0 Å². The third kappa shape index (κ3) is 2.19. The Morgan fingerprint density at radius 3 is 2.64 bits per heavy atom. The molecule has 0 aliphatic carbocycles. The summed E-state index contributed by atoms with van der Waals surface area (Å²) in [4.78, 5) is 2.28. The van der Waals surface area contributed by atoms with E-state index in [2.05, 4.69) is 38.8 Å². The second-order valence-corrected chi connectivity index (χ2v) is 3.91. The van der Waals surface area contributed by atoms with Crippen LogP contribution in [0, 0.1) is 6.92 Å². The Kier molecular flexibility index (Phi) is 3.39. The van der Waals surface area contributed by atoms with Crippen LogP contribution in [0.4, 0.5) is 11.4 Å². The summed E-state index contributed by atoms with van der Waals surface area (Å²) in [6.07, 6.45) is 1.14. The minimum Gasteiger partial charge on any atom is -0.399 e. The van der Waals surface area contributed by atoms with Gasteiger partial charge in [-0.2, -0.15) is 0 Å². The van der Waals surface area contributed by atoms with Gasteiger partial charge in [-0.05, 0) is 38.0 Å². The molecule has 1 aromatic carbocycles. The van der Waals surface area contributed by atoms with Crippen LogP contribution >= 0.6 is 0 Å². The molecule has 0 saturated carbocycles. The van der Waals surface area contributed by atoms with Crippen LogP contribution < -0.4 is 10.6 Å². The van der Waals surface area contributed by atoms with Crippen LogP contribution in [0.5, 0.6) is 0 Å². The van der Waals surface area contributed by atoms with Crippen LogP contribution in [0.3, 0.4) is 0 Å². The maximum Gasteiger partial charge on any atom is 0.0416 e. The zero-order valence-corrected chi connectivity index (χ0v) is 9.54. The Bertz CT molecular complexity index is 307. The molecule has 0 radical (unpaired) electrons. The first kappa shape index (κ1) is 10.9. The summed E-state index contributed by atoms with van der Waals surface area (Å²) in [6.45, 7) is 6.54. The minimum absolute atomic E-state index is 0.551. The zero-order valence-electron chi connectivity index (χ0n) is 9.54. The van der Waals surface area contributed by atoms with Crippen molar-refractivity contribution in [2.45, 2.75) is 33.2 Å². The standard InChI is InChI=1S/C12H20N2/c1-5-10(3)14(4)12-8-11(13)7-6-9(12)2/h6-8,10H,5,13H2,1-4H3. The van der Waals surface area contributed by atoms with Crippen molar-refractivity contribution in [3.8, 4) is 0 Å². The summed E-state index contributed by atoms with van der Waals surface area (Å²) < 4.78 is 0. The van der Waals surface area contributed by atoms with Crippen molar-refractivity contribution in [1.29, 1.82) is 0 Å². The maximum atomic E-state index is 5.78. The van der Waals surface area contributed by atoms with Gasteiger partial charge < -0.3 is 10.6 Å². The van der Waals surface area contributed by atoms with Gasteiger partial charge in [0.1, 0.15) is 0 Å². The highest BCUT2D eigenvalue weighted by atomic mass is 15.1. The lowest BCUT2D eigenvalue weighted by atomic mass is 10.1. The number of hydrogen-bond acceptors (Lipinski definition) is 2. The average molecular weight is 192 g/mol. The number of anilines is 2. The number of nitrogens with two attached hydrogens (primary N) is 1. The molecule has 1 unspecified atom stereocenters. The average Bonchev–Trinajstić information content (AvgIpc) is 2.19. The SMILES string of the molecule is CCC(C)N(C)c1cc(N)ccc1C. The van der Waals surface area contributed by atoms with Gasteiger partial charge in [0, 0.05) is 24.5 Å². The molecule has 0 heterocycles. The summed E-state index contributed by atoms with van der Waals surface area (Å²) in [7, 11) is 2.12. The Hall–Kier alpha value is -1.18. The molecule has 78 valence electrons. The lowest BCUT2D eigenvalue weighted by Crippen LogP contribution is -2.28. The molecule has 0 saturated heterocycles. The molecule has 2 nitrogen and oxygen atoms in total. The van der Waals surface area contributed by atoms with Crippen molar-refractivity contribution < 1.29 is 0 Å². The van der Waals surface area contributed by atoms with Crippen molar-refractivity contribution in [3.63, 3.8) is 0 Å². The summed E-state index contributed by atoms with van der Waals surface area (Å²) in [5.41, 5.74) is 9.13. The first-order valence-electron chi connectivity index (χ1n) is 5.15. The summed E-state index contributed by atoms with van der Waals surface area (Å²) >= 11 is 0. The highest BCUT2D eigenvalue weighted by Gasteiger charge is 2.10. The van der Waals surface area contributed by atoms with Crippen LogP contribution in [-0.2, 0) is 0 Å². The van der Waals surface area contributed by atoms with Crippen molar-refractivity contribution >= 4 is 11.4 Å². The first-order valence-corrected chi connectivity index (χ1v) is 5.15. The second-order valence-electron chi connectivity index (χ2n) is 3.91. The minimum atomic E-state index is 0.551. The van der Waals surface area contributed by atoms with Crippen molar-refractivity contribution in [3.05, 3.63) is 23.8 Å². The number of rotatable bonds is 3. The molecule has 0 aliphatic rings. The highest BCUT2D eigenvalue weighted by molar-refractivity contribution is 5.60. The second kappa shape index (κ2) is 4.36. The van der Waals surface area contributed by atoms with Crippen LogP contribution in [0.15, 0.2) is 18.2 Å². The van der Waals surface area contributed by atoms with E-state index >= 15 is 0 Å². The van der Waals surface area contributed by atoms with E-state index in [-0.39, 0.29) is 0 Å². The van der Waals surface area contributed by atoms with Gasteiger partial charge in [-0.1, -0.05) is 13.0 Å². The summed E-state index contributed by atoms with van der Waals surface area (Å²) in [6, 6.07) is 6.62. The predicted molar refractivity (Wildman–Crippen MR) is 63.7 cm³/mol. The molecular weight excluding hydrogens is 172 g/mol. The monoisotopic (exact) mass is 192 g/mol. The third-order valence-corrected chi connectivity index (χ3v) is 2.87. The van der Waals surface area contributed by atoms with Crippen molar-refractivity contribution in [2.75, 3.05) is 17.7 Å². The first-order chi connectivity index (χ1) is 6.56. The molecule has 0 fully saturated rings. The lowest BCUT2D eigenvalue weighted by molar-refractivity contribution is 0.662. The molecule has 1 rings (SSSR count). The summed E-state index contributed by atoms with van der Waals surface area (Å²) in [5.74, 6) is 0. The fourth-order valence-corrected chi connectivity index (χ4v) is 1.52. The van der Waals surface area contributed by atoms with Gasteiger partial charge in [-0.3, -0.25) is 0 Å². The fourth-order valence-electron chi connectivity index (χ4n) is 1.52. The Morgan fingerprint density at radius 1 is 1.43 bits per heavy atom. The molecule has 0 aromatic heterocycles. The molecule has 1 aromatic rings. The van der Waals surface area contributed by atoms with Gasteiger partial charge >= 0.3 is 0 Å². The van der Waals surface area contributed by atoms with Crippen LogP contribution in [0.1, 0.15) is 25.8 Å². The van der Waals surface area contributed by atoms with Gasteiger partial charge in [0.15, 0.2) is 0 Å². The number of hydrogen-bond donors (Lipinski definition) is 1. The van der Waals surface area contributed by atoms with E-state index in [1.807, 2.05) is 12.1 Å². The highest BCUT2D eigenvalue weighted by Crippen LogP contribution is 2.23. The quantitative estimate of drug-likeness (QED) is 0.746. The Labute approximate surface area is 86.7 Å². The van der Waals surface area contributed by atoms with Gasteiger partial charge in [-0.25, -0.2) is 0 Å². The molecule has 2 heteroatoms. The third-order valence-electron chi connectivity index (χ3n) is 2.87. The maximum absolute atomic E-state index is 5.78. The molecule has 0 spiro atoms. The number of aryl methyl sites for hydroxylation is 1. The molecular formula is C12H20N2. The van der Waals surface area contributed by atoms with Crippen LogP contribution in [0.25, 0.3) is 0 Å². The van der Waals surface area contributed by atoms with Gasteiger partial charge in [0.05, 0.1) is 0 Å². The topological polar surface area (TPSA) is 29.3 Å². The van der Waals surface area contributed by atoms with Gasteiger partial charge in [0.25, 0.3) is 0 Å². The van der Waals surface area contributed by atoms with E-state index in [1.165, 1.54) is 11.3 Å². The van der Waals surface area contributed by atoms with Gasteiger partial charge in [0.2, 0.25) is 0 Å². The molecule has 0 amide bonds. The van der Waals surface area contributed by atoms with Crippen LogP contribution in [-0.4, -0.2) is 13.1 Å². The molecule has 2 N–H and O–H groups in total. The van der Waals surface area contributed by atoms with E-state index in [0.717, 1.165) is 12.1 Å². The van der Waals surface area contributed by atoms with Crippen LogP contribution in [0.2, 0.25) is 0 Å². The van der Waals surface area contributed by atoms with E-state index in [4.69, 9.17) is 5.73 Å². The number of benzene rings is 1. The van der Waals surface area contributed by atoms with Gasteiger partial charge in [-0.15, -0.1) is 0 Å². The van der Waals surface area contributed by atoms with E-state index in [1.54, 1.807) is 0 Å². The smallest absolute Gasteiger partial charge is 0.0416 e. The zero-order chi connectivity index (χ0) is 10.7. The van der Waals surface area contributed by atoms with Crippen molar-refractivity contribution in [1.82, 2.24) is 0 Å². The molecule has 14 heavy (non-hydrogen) atoms. The summed E-state index contributed by atoms with van der Waals surface area (Å²) in [5, 5.41) is 0. The number of nitrogens with zero attached hydrogens (tertiary/aromatic N) is 1. The van der Waals surface area contributed by atoms with E-state index < -0.39 is 0 Å². The molecule has 0 aliphatic heterocycles. The Balaban J connectivity index is 2.99. The Morgan fingerprint density at radius 2 is 2.07 bits per heavy atom. The predicted octanol–water partition coefficient (Wildman–Crippen LogP) is 2.81. The van der Waals surface area contributed by atoms with E-state index in [9.17, 15) is 0 Å². The van der Waals surface area contributed by atoms with E-state index in [0.29, 0.717) is 6.04 Å². The fraction of sp³-hybridized carbons (Fsp3) is 0.500. The lowest BCUT2D eigenvalue weighted by Gasteiger charge is -2.27. The molecule has 1 atom stereocenters. The normalized spacial score (nSPS) is 12.6. The largest absolute Gasteiger partial charge is 0.399 e. The number of nitrogen functional groups attached to an aromatic ring is 1. The molecule has 0 bridgehead atoms.